The van der Waals surface area contributed by atoms with Crippen LogP contribution in [0.3, 0.4) is 0 Å². The van der Waals surface area contributed by atoms with E-state index in [1.807, 2.05) is 0 Å². The lowest BCUT2D eigenvalue weighted by molar-refractivity contribution is 0.0449. The maximum absolute atomic E-state index is 9.39. The van der Waals surface area contributed by atoms with Crippen molar-refractivity contribution in [3.05, 3.63) is 0 Å². The Morgan fingerprint density at radius 2 is 2.07 bits per heavy atom. The van der Waals surface area contributed by atoms with Gasteiger partial charge in [0.1, 0.15) is 0 Å². The van der Waals surface area contributed by atoms with Crippen molar-refractivity contribution in [1.29, 1.82) is 0 Å². The summed E-state index contributed by atoms with van der Waals surface area (Å²) in [5.74, 6) is 2.94. The summed E-state index contributed by atoms with van der Waals surface area (Å²) in [6, 6.07) is 0. The monoisotopic (exact) mass is 196 g/mol. The van der Waals surface area contributed by atoms with Crippen molar-refractivity contribution in [2.75, 3.05) is 6.61 Å². The molecular formula is C13H24O. The second-order valence-electron chi connectivity index (χ2n) is 5.88. The van der Waals surface area contributed by atoms with E-state index in [1.165, 1.54) is 38.5 Å². The van der Waals surface area contributed by atoms with Gasteiger partial charge in [-0.3, -0.25) is 0 Å². The second kappa shape index (κ2) is 3.84. The van der Waals surface area contributed by atoms with Crippen LogP contribution < -0.4 is 0 Å². The predicted molar refractivity (Wildman–Crippen MR) is 59.0 cm³/mol. The lowest BCUT2D eigenvalue weighted by Gasteiger charge is -2.40. The first-order chi connectivity index (χ1) is 6.68. The van der Waals surface area contributed by atoms with Crippen LogP contribution in [0.4, 0.5) is 0 Å². The van der Waals surface area contributed by atoms with E-state index in [2.05, 4.69) is 13.8 Å². The molecule has 2 saturated carbocycles. The van der Waals surface area contributed by atoms with Gasteiger partial charge in [-0.25, -0.2) is 0 Å². The van der Waals surface area contributed by atoms with Crippen LogP contribution in [-0.2, 0) is 0 Å². The van der Waals surface area contributed by atoms with E-state index >= 15 is 0 Å². The minimum absolute atomic E-state index is 0.254. The Morgan fingerprint density at radius 3 is 2.71 bits per heavy atom. The van der Waals surface area contributed by atoms with Crippen molar-refractivity contribution >= 4 is 0 Å². The molecule has 0 aromatic rings. The summed E-state index contributed by atoms with van der Waals surface area (Å²) >= 11 is 0. The van der Waals surface area contributed by atoms with Crippen molar-refractivity contribution in [3.63, 3.8) is 0 Å². The zero-order valence-electron chi connectivity index (χ0n) is 9.63. The highest BCUT2D eigenvalue weighted by Gasteiger charge is 2.43. The smallest absolute Gasteiger partial charge is 0.0484 e. The maximum atomic E-state index is 9.39. The molecule has 0 heterocycles. The Kier molecular flexibility index (Phi) is 2.88. The summed E-state index contributed by atoms with van der Waals surface area (Å²) < 4.78 is 0. The zero-order valence-corrected chi connectivity index (χ0v) is 9.63. The number of rotatable bonds is 2. The van der Waals surface area contributed by atoms with Gasteiger partial charge in [0, 0.05) is 6.61 Å². The fourth-order valence-corrected chi connectivity index (χ4v) is 3.87. The van der Waals surface area contributed by atoms with Crippen LogP contribution in [0.1, 0.15) is 52.4 Å². The summed E-state index contributed by atoms with van der Waals surface area (Å²) in [6.45, 7) is 5.00. The van der Waals surface area contributed by atoms with Gasteiger partial charge in [0.15, 0.2) is 0 Å². The van der Waals surface area contributed by atoms with Crippen molar-refractivity contribution in [3.8, 4) is 0 Å². The number of hydrogen-bond donors (Lipinski definition) is 1. The second-order valence-corrected chi connectivity index (χ2v) is 5.88. The normalized spacial score (nSPS) is 47.8. The van der Waals surface area contributed by atoms with Gasteiger partial charge in [-0.2, -0.15) is 0 Å². The van der Waals surface area contributed by atoms with Crippen molar-refractivity contribution in [1.82, 2.24) is 0 Å². The summed E-state index contributed by atoms with van der Waals surface area (Å²) in [5, 5.41) is 9.39. The van der Waals surface area contributed by atoms with Crippen molar-refractivity contribution in [2.45, 2.75) is 52.4 Å². The maximum Gasteiger partial charge on any atom is 0.0484 e. The van der Waals surface area contributed by atoms with E-state index in [-0.39, 0.29) is 5.41 Å². The molecule has 2 rings (SSSR count). The molecule has 2 aliphatic rings. The molecule has 1 heteroatoms. The highest BCUT2D eigenvalue weighted by Crippen LogP contribution is 2.52. The van der Waals surface area contributed by atoms with Gasteiger partial charge in [0.25, 0.3) is 0 Å². The van der Waals surface area contributed by atoms with Crippen LogP contribution >= 0.6 is 0 Å². The first-order valence-corrected chi connectivity index (χ1v) is 6.29. The molecule has 0 amide bonds. The summed E-state index contributed by atoms with van der Waals surface area (Å²) in [4.78, 5) is 0. The van der Waals surface area contributed by atoms with Gasteiger partial charge in [0.05, 0.1) is 0 Å². The fourth-order valence-electron chi connectivity index (χ4n) is 3.87. The Hall–Kier alpha value is -0.0400. The summed E-state index contributed by atoms with van der Waals surface area (Å²) in [5.41, 5.74) is 0.254. The van der Waals surface area contributed by atoms with E-state index in [0.717, 1.165) is 17.8 Å². The average Bonchev–Trinajstić information content (AvgIpc) is 2.59. The molecule has 0 radical (unpaired) electrons. The molecule has 2 aliphatic carbocycles. The predicted octanol–water partition coefficient (Wildman–Crippen LogP) is 3.22. The van der Waals surface area contributed by atoms with Crippen LogP contribution in [0.5, 0.6) is 0 Å². The molecule has 4 unspecified atom stereocenters. The van der Waals surface area contributed by atoms with E-state index < -0.39 is 0 Å². The number of aliphatic hydroxyl groups excluding tert-OH is 1. The Labute approximate surface area is 87.9 Å². The average molecular weight is 196 g/mol. The molecule has 0 saturated heterocycles. The van der Waals surface area contributed by atoms with Crippen LogP contribution in [-0.4, -0.2) is 11.7 Å². The minimum atomic E-state index is 0.254. The number of aliphatic hydroxyl groups is 1. The van der Waals surface area contributed by atoms with Crippen molar-refractivity contribution in [2.24, 2.45) is 23.2 Å². The largest absolute Gasteiger partial charge is 0.396 e. The molecule has 82 valence electrons. The first kappa shape index (κ1) is 10.5. The van der Waals surface area contributed by atoms with Crippen LogP contribution in [0.15, 0.2) is 0 Å². The van der Waals surface area contributed by atoms with E-state index in [4.69, 9.17) is 0 Å². The molecule has 14 heavy (non-hydrogen) atoms. The van der Waals surface area contributed by atoms with Gasteiger partial charge in [0.2, 0.25) is 0 Å². The molecule has 0 spiro atoms. The lowest BCUT2D eigenvalue weighted by atomic mass is 9.66. The first-order valence-electron chi connectivity index (χ1n) is 6.29. The fraction of sp³-hybridized carbons (Fsp3) is 1.00. The number of hydrogen-bond acceptors (Lipinski definition) is 1. The molecule has 1 N–H and O–H groups in total. The number of fused-ring (bicyclic) bond motifs is 1. The van der Waals surface area contributed by atoms with Crippen LogP contribution in [0.2, 0.25) is 0 Å². The third-order valence-corrected chi connectivity index (χ3v) is 4.86. The standard InChI is InChI=1S/C13H24O/c1-3-10-4-5-11-8-13(2,9-14)7-6-12(10)11/h10-12,14H,3-9H2,1-2H3. The molecule has 0 aromatic carbocycles. The molecule has 0 aromatic heterocycles. The van der Waals surface area contributed by atoms with Gasteiger partial charge in [-0.15, -0.1) is 0 Å². The molecule has 0 bridgehead atoms. The highest BCUT2D eigenvalue weighted by molar-refractivity contribution is 4.93. The Morgan fingerprint density at radius 1 is 1.29 bits per heavy atom. The zero-order chi connectivity index (χ0) is 10.2. The third kappa shape index (κ3) is 1.71. The summed E-state index contributed by atoms with van der Waals surface area (Å²) in [7, 11) is 0. The summed E-state index contributed by atoms with van der Waals surface area (Å²) in [6.07, 6.45) is 8.16. The van der Waals surface area contributed by atoms with Gasteiger partial charge >= 0.3 is 0 Å². The van der Waals surface area contributed by atoms with Crippen LogP contribution in [0, 0.1) is 23.2 Å². The van der Waals surface area contributed by atoms with Crippen LogP contribution in [0.25, 0.3) is 0 Å². The van der Waals surface area contributed by atoms with E-state index in [1.54, 1.807) is 0 Å². The van der Waals surface area contributed by atoms with Gasteiger partial charge < -0.3 is 5.11 Å². The molecule has 1 nitrogen and oxygen atoms in total. The third-order valence-electron chi connectivity index (χ3n) is 4.86. The molecular weight excluding hydrogens is 172 g/mol. The van der Waals surface area contributed by atoms with E-state index in [0.29, 0.717) is 6.61 Å². The molecule has 4 atom stereocenters. The van der Waals surface area contributed by atoms with Crippen molar-refractivity contribution < 1.29 is 5.11 Å². The van der Waals surface area contributed by atoms with E-state index in [9.17, 15) is 5.11 Å². The lowest BCUT2D eigenvalue weighted by Crippen LogP contribution is -2.33. The minimum Gasteiger partial charge on any atom is -0.396 e. The molecule has 0 aliphatic heterocycles. The topological polar surface area (TPSA) is 20.2 Å². The highest BCUT2D eigenvalue weighted by atomic mass is 16.3. The molecule has 2 fully saturated rings. The Balaban J connectivity index is 2.01. The Bertz CT molecular complexity index is 201. The van der Waals surface area contributed by atoms with Gasteiger partial charge in [-0.1, -0.05) is 20.3 Å². The quantitative estimate of drug-likeness (QED) is 0.719. The SMILES string of the molecule is CCC1CCC2CC(C)(CO)CCC12. The van der Waals surface area contributed by atoms with Gasteiger partial charge in [-0.05, 0) is 55.3 Å².